The number of anilines is 1. The van der Waals surface area contributed by atoms with Crippen LogP contribution in [0.25, 0.3) is 0 Å². The van der Waals surface area contributed by atoms with E-state index in [9.17, 15) is 13.2 Å². The lowest BCUT2D eigenvalue weighted by molar-refractivity contribution is -0.122. The lowest BCUT2D eigenvalue weighted by Crippen LogP contribution is -2.46. The predicted molar refractivity (Wildman–Crippen MR) is 106 cm³/mol. The Kier molecular flexibility index (Phi) is 6.59. The van der Waals surface area contributed by atoms with E-state index < -0.39 is 9.84 Å². The quantitative estimate of drug-likeness (QED) is 0.726. The third-order valence-electron chi connectivity index (χ3n) is 4.34. The molecule has 1 amide bonds. The number of hydrogen-bond acceptors (Lipinski definition) is 7. The molecule has 1 saturated heterocycles. The lowest BCUT2D eigenvalue weighted by atomic mass is 10.0. The number of carbonyl (C=O) groups excluding carboxylic acids is 1. The number of aromatic nitrogens is 2. The van der Waals surface area contributed by atoms with Crippen molar-refractivity contribution in [2.45, 2.75) is 37.6 Å². The van der Waals surface area contributed by atoms with E-state index in [4.69, 9.17) is 27.7 Å². The van der Waals surface area contributed by atoms with Crippen molar-refractivity contribution in [3.05, 3.63) is 40.0 Å². The van der Waals surface area contributed by atoms with Gasteiger partial charge in [0.1, 0.15) is 5.75 Å². The minimum atomic E-state index is -3.25. The van der Waals surface area contributed by atoms with Gasteiger partial charge in [-0.25, -0.2) is 8.42 Å². The molecule has 3 rings (SSSR count). The van der Waals surface area contributed by atoms with E-state index in [-0.39, 0.29) is 36.0 Å². The van der Waals surface area contributed by atoms with Crippen LogP contribution in [0, 0.1) is 0 Å². The normalized spacial score (nSPS) is 18.2. The summed E-state index contributed by atoms with van der Waals surface area (Å²) in [4.78, 5) is 18.9. The largest absolute Gasteiger partial charge is 0.338 e. The fraction of sp³-hybridized carbons (Fsp3) is 0.471. The summed E-state index contributed by atoms with van der Waals surface area (Å²) in [6.07, 6.45) is 3.68. The molecule has 1 aliphatic rings. The van der Waals surface area contributed by atoms with Gasteiger partial charge in [-0.15, -0.1) is 0 Å². The molecular formula is C17H20Cl2N4O4S. The van der Waals surface area contributed by atoms with Crippen molar-refractivity contribution in [1.82, 2.24) is 15.0 Å². The zero-order valence-corrected chi connectivity index (χ0v) is 17.5. The summed E-state index contributed by atoms with van der Waals surface area (Å²) in [5.41, 5.74) is 0.568. The Bertz CT molecular complexity index is 964. The van der Waals surface area contributed by atoms with Crippen LogP contribution < -0.4 is 5.32 Å². The van der Waals surface area contributed by atoms with Crippen molar-refractivity contribution in [2.75, 3.05) is 18.1 Å². The van der Waals surface area contributed by atoms with E-state index in [2.05, 4.69) is 15.5 Å². The number of carbonyl (C=O) groups is 1. The van der Waals surface area contributed by atoms with Gasteiger partial charge in [-0.2, -0.15) is 4.98 Å². The summed E-state index contributed by atoms with van der Waals surface area (Å²) in [7, 11) is -3.25. The summed E-state index contributed by atoms with van der Waals surface area (Å²) in [6, 6.07) is 4.55. The van der Waals surface area contributed by atoms with Gasteiger partial charge in [-0.05, 0) is 37.6 Å². The number of sulfone groups is 1. The monoisotopic (exact) mass is 446 g/mol. The van der Waals surface area contributed by atoms with Crippen LogP contribution in [0.5, 0.6) is 0 Å². The van der Waals surface area contributed by atoms with Crippen LogP contribution in [0.2, 0.25) is 10.0 Å². The van der Waals surface area contributed by atoms with Crippen LogP contribution >= 0.6 is 23.2 Å². The number of halogens is 2. The van der Waals surface area contributed by atoms with E-state index in [0.29, 0.717) is 28.7 Å². The smallest absolute Gasteiger partial charge is 0.241 e. The van der Waals surface area contributed by atoms with Crippen LogP contribution in [-0.4, -0.2) is 48.2 Å². The molecule has 1 aromatic carbocycles. The first-order valence-electron chi connectivity index (χ1n) is 8.70. The Labute approximate surface area is 173 Å². The summed E-state index contributed by atoms with van der Waals surface area (Å²) >= 11 is 11.9. The van der Waals surface area contributed by atoms with Crippen LogP contribution in [0.3, 0.4) is 0 Å². The summed E-state index contributed by atoms with van der Waals surface area (Å²) in [5.74, 6) is -0.0363. The standard InChI is InChI=1S/C17H20Cl2N4O4S/c1-28(25,26)10-15-21-16(27-22-15)9-23-7-3-2-4-14(23)17(24)20-11-5-6-12(18)13(19)8-11/h5-6,8,14H,2-4,7,9-10H2,1H3,(H,20,24)/t14-/m0/s1. The third kappa shape index (κ3) is 5.66. The van der Waals surface area contributed by atoms with Crippen molar-refractivity contribution in [3.63, 3.8) is 0 Å². The number of nitrogens with zero attached hydrogens (tertiary/aromatic N) is 3. The molecule has 0 saturated carbocycles. The second-order valence-electron chi connectivity index (χ2n) is 6.77. The average molecular weight is 447 g/mol. The van der Waals surface area contributed by atoms with Crippen molar-refractivity contribution in [3.8, 4) is 0 Å². The molecule has 0 aliphatic carbocycles. The number of likely N-dealkylation sites (tertiary alicyclic amines) is 1. The molecule has 0 radical (unpaired) electrons. The summed E-state index contributed by atoms with van der Waals surface area (Å²) in [6.45, 7) is 0.972. The number of hydrogen-bond donors (Lipinski definition) is 1. The molecule has 1 aliphatic heterocycles. The Morgan fingerprint density at radius 2 is 2.11 bits per heavy atom. The Morgan fingerprint density at radius 3 is 2.82 bits per heavy atom. The highest BCUT2D eigenvalue weighted by atomic mass is 35.5. The maximum atomic E-state index is 12.8. The fourth-order valence-corrected chi connectivity index (χ4v) is 3.98. The Balaban J connectivity index is 1.68. The highest BCUT2D eigenvalue weighted by Crippen LogP contribution is 2.26. The SMILES string of the molecule is CS(=O)(=O)Cc1noc(CN2CCCC[C@H]2C(=O)Nc2ccc(Cl)c(Cl)c2)n1. The first-order valence-corrected chi connectivity index (χ1v) is 11.5. The van der Waals surface area contributed by atoms with E-state index in [1.54, 1.807) is 18.2 Å². The number of amides is 1. The van der Waals surface area contributed by atoms with Gasteiger partial charge in [0.25, 0.3) is 0 Å². The van der Waals surface area contributed by atoms with Crippen LogP contribution in [0.4, 0.5) is 5.69 Å². The molecule has 152 valence electrons. The van der Waals surface area contributed by atoms with E-state index in [1.807, 2.05) is 4.90 Å². The summed E-state index contributed by atoms with van der Waals surface area (Å²) < 4.78 is 27.9. The molecule has 0 unspecified atom stereocenters. The topological polar surface area (TPSA) is 105 Å². The molecule has 8 nitrogen and oxygen atoms in total. The molecular weight excluding hydrogens is 427 g/mol. The molecule has 11 heteroatoms. The Hall–Kier alpha value is -1.68. The number of nitrogens with one attached hydrogen (secondary N) is 1. The molecule has 1 aromatic heterocycles. The molecule has 0 bridgehead atoms. The maximum absolute atomic E-state index is 12.8. The Morgan fingerprint density at radius 1 is 1.32 bits per heavy atom. The van der Waals surface area contributed by atoms with Crippen molar-refractivity contribution in [2.24, 2.45) is 0 Å². The summed E-state index contributed by atoms with van der Waals surface area (Å²) in [5, 5.41) is 7.35. The molecule has 2 aromatic rings. The van der Waals surface area contributed by atoms with Crippen LogP contribution in [0.15, 0.2) is 22.7 Å². The number of piperidine rings is 1. The fourth-order valence-electron chi connectivity index (χ4n) is 3.10. The maximum Gasteiger partial charge on any atom is 0.241 e. The predicted octanol–water partition coefficient (Wildman–Crippen LogP) is 2.91. The van der Waals surface area contributed by atoms with Gasteiger partial charge in [0, 0.05) is 11.9 Å². The second kappa shape index (κ2) is 8.77. The zero-order valence-electron chi connectivity index (χ0n) is 15.2. The lowest BCUT2D eigenvalue weighted by Gasteiger charge is -2.33. The molecule has 2 heterocycles. The van der Waals surface area contributed by atoms with Gasteiger partial charge >= 0.3 is 0 Å². The van der Waals surface area contributed by atoms with Crippen molar-refractivity contribution in [1.29, 1.82) is 0 Å². The van der Waals surface area contributed by atoms with Gasteiger partial charge in [0.15, 0.2) is 15.7 Å². The van der Waals surface area contributed by atoms with Crippen molar-refractivity contribution >= 4 is 44.6 Å². The first kappa shape index (κ1) is 21.0. The third-order valence-corrected chi connectivity index (χ3v) is 5.86. The van der Waals surface area contributed by atoms with Crippen LogP contribution in [0.1, 0.15) is 31.0 Å². The van der Waals surface area contributed by atoms with Gasteiger partial charge < -0.3 is 9.84 Å². The van der Waals surface area contributed by atoms with E-state index in [1.165, 1.54) is 0 Å². The molecule has 0 spiro atoms. The average Bonchev–Trinajstić information content (AvgIpc) is 3.03. The number of benzene rings is 1. The second-order valence-corrected chi connectivity index (χ2v) is 9.73. The van der Waals surface area contributed by atoms with Gasteiger partial charge in [0.05, 0.1) is 22.6 Å². The highest BCUT2D eigenvalue weighted by Gasteiger charge is 2.30. The van der Waals surface area contributed by atoms with E-state index in [0.717, 1.165) is 19.1 Å². The zero-order chi connectivity index (χ0) is 20.3. The minimum absolute atomic E-state index is 0.117. The van der Waals surface area contributed by atoms with E-state index >= 15 is 0 Å². The first-order chi connectivity index (χ1) is 13.2. The van der Waals surface area contributed by atoms with Crippen molar-refractivity contribution < 1.29 is 17.7 Å². The molecule has 28 heavy (non-hydrogen) atoms. The number of rotatable bonds is 6. The van der Waals surface area contributed by atoms with Crippen LogP contribution in [-0.2, 0) is 26.9 Å². The van der Waals surface area contributed by atoms with Gasteiger partial charge in [-0.3, -0.25) is 9.69 Å². The van der Waals surface area contributed by atoms with Gasteiger partial charge in [0.2, 0.25) is 11.8 Å². The molecule has 1 N–H and O–H groups in total. The molecule has 1 atom stereocenters. The molecule has 1 fully saturated rings. The highest BCUT2D eigenvalue weighted by molar-refractivity contribution is 7.89. The minimum Gasteiger partial charge on any atom is -0.338 e. The van der Waals surface area contributed by atoms with Gasteiger partial charge in [-0.1, -0.05) is 34.8 Å².